The van der Waals surface area contributed by atoms with Crippen LogP contribution in [0.25, 0.3) is 0 Å². The molecule has 1 amide bonds. The van der Waals surface area contributed by atoms with Crippen molar-refractivity contribution in [2.24, 2.45) is 5.73 Å². The van der Waals surface area contributed by atoms with Gasteiger partial charge in [-0.05, 0) is 51.2 Å². The molecule has 0 aliphatic rings. The molecule has 0 spiro atoms. The number of rotatable bonds is 9. The van der Waals surface area contributed by atoms with E-state index in [9.17, 15) is 4.79 Å². The van der Waals surface area contributed by atoms with Gasteiger partial charge in [0.25, 0.3) is 0 Å². The molecule has 0 aliphatic heterocycles. The maximum absolute atomic E-state index is 12.4. The molecular weight excluding hydrogens is 328 g/mol. The summed E-state index contributed by atoms with van der Waals surface area (Å²) in [6.07, 6.45) is 2.75. The zero-order chi connectivity index (χ0) is 16.5. The monoisotopic (exact) mass is 352 g/mol. The fourth-order valence-electron chi connectivity index (χ4n) is 2.21. The highest BCUT2D eigenvalue weighted by Crippen LogP contribution is 2.15. The topological polar surface area (TPSA) is 55.6 Å². The van der Waals surface area contributed by atoms with Gasteiger partial charge < -0.3 is 10.5 Å². The Hall–Kier alpha value is -1.37. The molecule has 0 saturated heterocycles. The van der Waals surface area contributed by atoms with Crippen molar-refractivity contribution in [2.45, 2.75) is 45.3 Å². The number of nitrogens with two attached hydrogens (primary N) is 1. The van der Waals surface area contributed by atoms with E-state index in [2.05, 4.69) is 17.7 Å². The van der Waals surface area contributed by atoms with Gasteiger partial charge in [-0.3, -0.25) is 4.90 Å². The lowest BCUT2D eigenvalue weighted by Crippen LogP contribution is -2.34. The molecule has 2 rings (SSSR count). The Labute approximate surface area is 145 Å². The first-order chi connectivity index (χ1) is 11.2. The SMILES string of the molecule is CCCC[C@H](N)COC(=O)N(Cc1ccsc1)Cc1ccsc1. The summed E-state index contributed by atoms with van der Waals surface area (Å²) in [6, 6.07) is 3.99. The van der Waals surface area contributed by atoms with Gasteiger partial charge in [0.05, 0.1) is 13.1 Å². The van der Waals surface area contributed by atoms with E-state index in [4.69, 9.17) is 10.5 Å². The first-order valence-electron chi connectivity index (χ1n) is 7.88. The molecule has 126 valence electrons. The standard InChI is InChI=1S/C17H24N2O2S2/c1-2-3-4-16(18)11-21-17(20)19(9-14-5-7-22-12-14)10-15-6-8-23-13-15/h5-8,12-13,16H,2-4,9-11,18H2,1H3/t16-/m0/s1. The second kappa shape index (κ2) is 9.70. The number of hydrogen-bond donors (Lipinski definition) is 1. The molecule has 2 aromatic heterocycles. The number of thiophene rings is 2. The minimum atomic E-state index is -0.297. The largest absolute Gasteiger partial charge is 0.448 e. The van der Waals surface area contributed by atoms with E-state index in [1.807, 2.05) is 22.9 Å². The molecule has 0 bridgehead atoms. The van der Waals surface area contributed by atoms with Crippen LogP contribution in [0, 0.1) is 0 Å². The molecule has 4 nitrogen and oxygen atoms in total. The number of carbonyl (C=O) groups is 1. The van der Waals surface area contributed by atoms with Crippen LogP contribution in [0.2, 0.25) is 0 Å². The predicted molar refractivity (Wildman–Crippen MR) is 96.7 cm³/mol. The number of ether oxygens (including phenoxy) is 1. The molecular formula is C17H24N2O2S2. The van der Waals surface area contributed by atoms with Gasteiger partial charge in [-0.2, -0.15) is 22.7 Å². The number of hydrogen-bond acceptors (Lipinski definition) is 5. The van der Waals surface area contributed by atoms with Crippen LogP contribution < -0.4 is 5.73 Å². The summed E-state index contributed by atoms with van der Waals surface area (Å²) in [5, 5.41) is 8.15. The van der Waals surface area contributed by atoms with Crippen molar-refractivity contribution in [3.63, 3.8) is 0 Å². The molecule has 0 radical (unpaired) electrons. The third kappa shape index (κ3) is 6.33. The van der Waals surface area contributed by atoms with Gasteiger partial charge in [0.15, 0.2) is 0 Å². The molecule has 6 heteroatoms. The van der Waals surface area contributed by atoms with Crippen molar-refractivity contribution in [1.29, 1.82) is 0 Å². The molecule has 0 fully saturated rings. The lowest BCUT2D eigenvalue weighted by molar-refractivity contribution is 0.0908. The van der Waals surface area contributed by atoms with Gasteiger partial charge in [-0.15, -0.1) is 0 Å². The van der Waals surface area contributed by atoms with E-state index in [0.29, 0.717) is 13.1 Å². The highest BCUT2D eigenvalue weighted by atomic mass is 32.1. The molecule has 0 aliphatic carbocycles. The third-order valence-electron chi connectivity index (χ3n) is 3.51. The van der Waals surface area contributed by atoms with Crippen LogP contribution in [0.15, 0.2) is 33.7 Å². The Morgan fingerprint density at radius 2 is 1.83 bits per heavy atom. The van der Waals surface area contributed by atoms with Crippen LogP contribution in [0.3, 0.4) is 0 Å². The number of nitrogens with zero attached hydrogens (tertiary/aromatic N) is 1. The molecule has 2 heterocycles. The molecule has 0 aromatic carbocycles. The van der Waals surface area contributed by atoms with E-state index in [-0.39, 0.29) is 18.7 Å². The van der Waals surface area contributed by atoms with Gasteiger partial charge >= 0.3 is 6.09 Å². The van der Waals surface area contributed by atoms with Gasteiger partial charge in [0, 0.05) is 6.04 Å². The van der Waals surface area contributed by atoms with Crippen LogP contribution in [-0.4, -0.2) is 23.6 Å². The maximum Gasteiger partial charge on any atom is 0.410 e. The maximum atomic E-state index is 12.4. The van der Waals surface area contributed by atoms with E-state index in [1.54, 1.807) is 27.6 Å². The zero-order valence-electron chi connectivity index (χ0n) is 13.4. The van der Waals surface area contributed by atoms with Gasteiger partial charge in [-0.1, -0.05) is 19.8 Å². The Kier molecular flexibility index (Phi) is 7.58. The summed E-state index contributed by atoms with van der Waals surface area (Å²) >= 11 is 3.26. The highest BCUT2D eigenvalue weighted by molar-refractivity contribution is 7.08. The fourth-order valence-corrected chi connectivity index (χ4v) is 3.53. The van der Waals surface area contributed by atoms with E-state index in [0.717, 1.165) is 30.4 Å². The number of unbranched alkanes of at least 4 members (excludes halogenated alkanes) is 1. The highest BCUT2D eigenvalue weighted by Gasteiger charge is 2.17. The average molecular weight is 353 g/mol. The normalized spacial score (nSPS) is 12.1. The molecule has 2 N–H and O–H groups in total. The van der Waals surface area contributed by atoms with Crippen molar-refractivity contribution in [3.8, 4) is 0 Å². The second-order valence-electron chi connectivity index (χ2n) is 5.60. The van der Waals surface area contributed by atoms with Crippen LogP contribution in [0.4, 0.5) is 4.79 Å². The summed E-state index contributed by atoms with van der Waals surface area (Å²) < 4.78 is 5.43. The minimum Gasteiger partial charge on any atom is -0.448 e. The zero-order valence-corrected chi connectivity index (χ0v) is 15.1. The van der Waals surface area contributed by atoms with E-state index < -0.39 is 0 Å². The number of carbonyl (C=O) groups excluding carboxylic acids is 1. The van der Waals surface area contributed by atoms with E-state index >= 15 is 0 Å². The summed E-state index contributed by atoms with van der Waals surface area (Å²) in [6.45, 7) is 3.52. The minimum absolute atomic E-state index is 0.0805. The van der Waals surface area contributed by atoms with Crippen molar-refractivity contribution in [2.75, 3.05) is 6.61 Å². The quantitative estimate of drug-likeness (QED) is 0.724. The van der Waals surface area contributed by atoms with Gasteiger partial charge in [-0.25, -0.2) is 4.79 Å². The van der Waals surface area contributed by atoms with Gasteiger partial charge in [0.1, 0.15) is 6.61 Å². The van der Waals surface area contributed by atoms with Crippen molar-refractivity contribution in [3.05, 3.63) is 44.8 Å². The van der Waals surface area contributed by atoms with E-state index in [1.165, 1.54) is 0 Å². The Bertz CT molecular complexity index is 519. The lowest BCUT2D eigenvalue weighted by Gasteiger charge is -2.22. The molecule has 0 saturated carbocycles. The fraction of sp³-hybridized carbons (Fsp3) is 0.471. The second-order valence-corrected chi connectivity index (χ2v) is 7.16. The van der Waals surface area contributed by atoms with Gasteiger partial charge in [0.2, 0.25) is 0 Å². The molecule has 1 atom stereocenters. The third-order valence-corrected chi connectivity index (χ3v) is 4.98. The van der Waals surface area contributed by atoms with Crippen molar-refractivity contribution in [1.82, 2.24) is 4.90 Å². The summed E-state index contributed by atoms with van der Waals surface area (Å²) in [7, 11) is 0. The number of amides is 1. The Morgan fingerprint density at radius 1 is 1.22 bits per heavy atom. The van der Waals surface area contributed by atoms with Crippen molar-refractivity contribution < 1.29 is 9.53 Å². The smallest absolute Gasteiger partial charge is 0.410 e. The summed E-state index contributed by atoms with van der Waals surface area (Å²) in [4.78, 5) is 14.2. The predicted octanol–water partition coefficient (Wildman–Crippen LogP) is 4.47. The van der Waals surface area contributed by atoms with Crippen LogP contribution in [-0.2, 0) is 17.8 Å². The van der Waals surface area contributed by atoms with Crippen LogP contribution in [0.1, 0.15) is 37.3 Å². The summed E-state index contributed by atoms with van der Waals surface area (Å²) in [5.41, 5.74) is 8.23. The first kappa shape index (κ1) is 18.0. The molecule has 0 unspecified atom stereocenters. The Balaban J connectivity index is 1.90. The Morgan fingerprint density at radius 3 is 2.30 bits per heavy atom. The average Bonchev–Trinajstić information content (AvgIpc) is 3.23. The van der Waals surface area contributed by atoms with Crippen molar-refractivity contribution >= 4 is 28.8 Å². The molecule has 23 heavy (non-hydrogen) atoms. The van der Waals surface area contributed by atoms with Crippen LogP contribution in [0.5, 0.6) is 0 Å². The first-order valence-corrected chi connectivity index (χ1v) is 9.77. The molecule has 2 aromatic rings. The summed E-state index contributed by atoms with van der Waals surface area (Å²) in [5.74, 6) is 0. The van der Waals surface area contributed by atoms with Crippen LogP contribution >= 0.6 is 22.7 Å². The lowest BCUT2D eigenvalue weighted by atomic mass is 10.1.